The minimum absolute atomic E-state index is 0.0867. The molecule has 0 aliphatic rings. The first-order valence-corrected chi connectivity index (χ1v) is 7.70. The van der Waals surface area contributed by atoms with Gasteiger partial charge in [0.05, 0.1) is 17.4 Å². The summed E-state index contributed by atoms with van der Waals surface area (Å²) in [5, 5.41) is 8.36. The fraction of sp³-hybridized carbons (Fsp3) is 0.500. The molecule has 2 rings (SSSR count). The molecule has 1 N–H and O–H groups in total. The standard InChI is InChI=1S/C16H23ClN4/c1-5-6-14-7-12(9-18-16(2,3)4)8-15(20-14)21-11-13(17)10-19-21/h7-8,10-11,18H,5-6,9H2,1-4H3. The van der Waals surface area contributed by atoms with E-state index < -0.39 is 0 Å². The molecule has 0 amide bonds. The zero-order chi connectivity index (χ0) is 15.5. The van der Waals surface area contributed by atoms with E-state index in [9.17, 15) is 0 Å². The molecule has 0 radical (unpaired) electrons. The lowest BCUT2D eigenvalue weighted by molar-refractivity contribution is 0.424. The molecule has 2 heterocycles. The minimum atomic E-state index is 0.0867. The summed E-state index contributed by atoms with van der Waals surface area (Å²) < 4.78 is 1.72. The van der Waals surface area contributed by atoms with E-state index in [0.717, 1.165) is 30.9 Å². The highest BCUT2D eigenvalue weighted by Gasteiger charge is 2.11. The summed E-state index contributed by atoms with van der Waals surface area (Å²) in [7, 11) is 0. The SMILES string of the molecule is CCCc1cc(CNC(C)(C)C)cc(-n2cc(Cl)cn2)n1. The molecule has 0 saturated carbocycles. The Kier molecular flexibility index (Phi) is 5.01. The predicted octanol–water partition coefficient (Wildman–Crippen LogP) is 3.76. The van der Waals surface area contributed by atoms with Gasteiger partial charge in [-0.1, -0.05) is 24.9 Å². The Hall–Kier alpha value is -1.39. The van der Waals surface area contributed by atoms with Crippen molar-refractivity contribution in [2.75, 3.05) is 0 Å². The van der Waals surface area contributed by atoms with Gasteiger partial charge in [0.2, 0.25) is 0 Å². The highest BCUT2D eigenvalue weighted by atomic mass is 35.5. The molecule has 0 bridgehead atoms. The van der Waals surface area contributed by atoms with Crippen LogP contribution in [0.1, 0.15) is 45.4 Å². The van der Waals surface area contributed by atoms with Crippen molar-refractivity contribution >= 4 is 11.6 Å². The molecule has 0 spiro atoms. The Morgan fingerprint density at radius 1 is 1.29 bits per heavy atom. The fourth-order valence-corrected chi connectivity index (χ4v) is 2.17. The van der Waals surface area contributed by atoms with Crippen molar-refractivity contribution in [2.45, 2.75) is 52.6 Å². The second-order valence-electron chi connectivity index (χ2n) is 6.28. The topological polar surface area (TPSA) is 42.7 Å². The monoisotopic (exact) mass is 306 g/mol. The van der Waals surface area contributed by atoms with Gasteiger partial charge in [-0.05, 0) is 44.9 Å². The molecule has 2 aromatic rings. The summed E-state index contributed by atoms with van der Waals surface area (Å²) in [4.78, 5) is 4.67. The lowest BCUT2D eigenvalue weighted by Crippen LogP contribution is -2.35. The van der Waals surface area contributed by atoms with Crippen LogP contribution in [0.4, 0.5) is 0 Å². The average Bonchev–Trinajstić information content (AvgIpc) is 2.83. The molecule has 0 unspecified atom stereocenters. The third kappa shape index (κ3) is 4.83. The summed E-state index contributed by atoms with van der Waals surface area (Å²) >= 11 is 5.95. The van der Waals surface area contributed by atoms with Crippen LogP contribution in [0.25, 0.3) is 5.82 Å². The van der Waals surface area contributed by atoms with Crippen LogP contribution in [0, 0.1) is 0 Å². The Balaban J connectivity index is 2.30. The molecular formula is C16H23ClN4. The van der Waals surface area contributed by atoms with Crippen LogP contribution in [-0.2, 0) is 13.0 Å². The molecule has 0 aliphatic heterocycles. The number of hydrogen-bond acceptors (Lipinski definition) is 3. The van der Waals surface area contributed by atoms with E-state index >= 15 is 0 Å². The van der Waals surface area contributed by atoms with E-state index in [1.54, 1.807) is 17.1 Å². The van der Waals surface area contributed by atoms with Gasteiger partial charge in [-0.2, -0.15) is 5.10 Å². The number of nitrogens with zero attached hydrogens (tertiary/aromatic N) is 3. The maximum atomic E-state index is 5.95. The van der Waals surface area contributed by atoms with Crippen molar-refractivity contribution in [3.05, 3.63) is 40.8 Å². The summed E-state index contributed by atoms with van der Waals surface area (Å²) in [6.45, 7) is 9.46. The van der Waals surface area contributed by atoms with Crippen LogP contribution in [0.3, 0.4) is 0 Å². The maximum Gasteiger partial charge on any atom is 0.153 e. The van der Waals surface area contributed by atoms with E-state index in [1.807, 2.05) is 0 Å². The van der Waals surface area contributed by atoms with Crippen molar-refractivity contribution in [2.24, 2.45) is 0 Å². The molecule has 0 atom stereocenters. The summed E-state index contributed by atoms with van der Waals surface area (Å²) in [5.41, 5.74) is 2.39. The molecule has 2 aromatic heterocycles. The first-order chi connectivity index (χ1) is 9.87. The molecule has 0 aromatic carbocycles. The average molecular weight is 307 g/mol. The zero-order valence-electron chi connectivity index (χ0n) is 13.2. The minimum Gasteiger partial charge on any atom is -0.308 e. The Bertz CT molecular complexity index is 599. The fourth-order valence-electron chi connectivity index (χ4n) is 2.03. The third-order valence-electron chi connectivity index (χ3n) is 3.04. The molecule has 4 nitrogen and oxygen atoms in total. The number of pyridine rings is 1. The van der Waals surface area contributed by atoms with E-state index in [1.165, 1.54) is 5.56 Å². The van der Waals surface area contributed by atoms with Crippen LogP contribution in [-0.4, -0.2) is 20.3 Å². The number of halogens is 1. The molecule has 21 heavy (non-hydrogen) atoms. The molecule has 0 saturated heterocycles. The number of rotatable bonds is 5. The largest absolute Gasteiger partial charge is 0.308 e. The van der Waals surface area contributed by atoms with Crippen LogP contribution in [0.15, 0.2) is 24.5 Å². The van der Waals surface area contributed by atoms with Gasteiger partial charge in [0.25, 0.3) is 0 Å². The van der Waals surface area contributed by atoms with E-state index in [0.29, 0.717) is 5.02 Å². The second kappa shape index (κ2) is 6.58. The second-order valence-corrected chi connectivity index (χ2v) is 6.72. The molecule has 0 aliphatic carbocycles. The van der Waals surface area contributed by atoms with E-state index in [-0.39, 0.29) is 5.54 Å². The molecule has 5 heteroatoms. The molecule has 0 fully saturated rings. The normalized spacial score (nSPS) is 11.9. The first kappa shape index (κ1) is 16.0. The summed E-state index contributed by atoms with van der Waals surface area (Å²) in [6, 6.07) is 4.22. The van der Waals surface area contributed by atoms with Crippen LogP contribution in [0.5, 0.6) is 0 Å². The highest BCUT2D eigenvalue weighted by Crippen LogP contribution is 2.15. The summed E-state index contributed by atoms with van der Waals surface area (Å²) in [6.07, 6.45) is 5.44. The lowest BCUT2D eigenvalue weighted by Gasteiger charge is -2.21. The Morgan fingerprint density at radius 2 is 2.05 bits per heavy atom. The number of nitrogens with one attached hydrogen (secondary N) is 1. The van der Waals surface area contributed by atoms with Gasteiger partial charge in [0.1, 0.15) is 0 Å². The van der Waals surface area contributed by atoms with Gasteiger partial charge in [0, 0.05) is 17.8 Å². The van der Waals surface area contributed by atoms with Gasteiger partial charge >= 0.3 is 0 Å². The number of aromatic nitrogens is 3. The zero-order valence-corrected chi connectivity index (χ0v) is 13.9. The van der Waals surface area contributed by atoms with Gasteiger partial charge < -0.3 is 5.32 Å². The van der Waals surface area contributed by atoms with Gasteiger partial charge in [0.15, 0.2) is 5.82 Å². The van der Waals surface area contributed by atoms with Crippen molar-refractivity contribution in [1.82, 2.24) is 20.1 Å². The quantitative estimate of drug-likeness (QED) is 0.914. The van der Waals surface area contributed by atoms with Gasteiger partial charge in [-0.15, -0.1) is 0 Å². The van der Waals surface area contributed by atoms with Crippen LogP contribution in [0.2, 0.25) is 5.02 Å². The van der Waals surface area contributed by atoms with Gasteiger partial charge in [-0.3, -0.25) is 0 Å². The third-order valence-corrected chi connectivity index (χ3v) is 3.23. The van der Waals surface area contributed by atoms with Crippen molar-refractivity contribution in [1.29, 1.82) is 0 Å². The highest BCUT2D eigenvalue weighted by molar-refractivity contribution is 6.30. The van der Waals surface area contributed by atoms with E-state index in [2.05, 4.69) is 55.2 Å². The lowest BCUT2D eigenvalue weighted by atomic mass is 10.1. The van der Waals surface area contributed by atoms with Crippen LogP contribution < -0.4 is 5.32 Å². The van der Waals surface area contributed by atoms with Crippen molar-refractivity contribution in [3.8, 4) is 5.82 Å². The van der Waals surface area contributed by atoms with Crippen molar-refractivity contribution < 1.29 is 0 Å². The molecule has 114 valence electrons. The Morgan fingerprint density at radius 3 is 2.62 bits per heavy atom. The number of hydrogen-bond donors (Lipinski definition) is 1. The molecular weight excluding hydrogens is 284 g/mol. The smallest absolute Gasteiger partial charge is 0.153 e. The predicted molar refractivity (Wildman–Crippen MR) is 87.0 cm³/mol. The number of aryl methyl sites for hydroxylation is 1. The van der Waals surface area contributed by atoms with Gasteiger partial charge in [-0.25, -0.2) is 9.67 Å². The Labute approximate surface area is 131 Å². The van der Waals surface area contributed by atoms with Crippen molar-refractivity contribution in [3.63, 3.8) is 0 Å². The maximum absolute atomic E-state index is 5.95. The first-order valence-electron chi connectivity index (χ1n) is 7.33. The van der Waals surface area contributed by atoms with Crippen LogP contribution >= 0.6 is 11.6 Å². The summed E-state index contributed by atoms with van der Waals surface area (Å²) in [5.74, 6) is 0.818. The van der Waals surface area contributed by atoms with E-state index in [4.69, 9.17) is 11.6 Å².